The van der Waals surface area contributed by atoms with Crippen LogP contribution in [0.15, 0.2) is 71.3 Å². The molecular formula is C23H20N8. The van der Waals surface area contributed by atoms with Crippen LogP contribution < -0.4 is 10.6 Å². The third kappa shape index (κ3) is 3.44. The SMILES string of the molecule is C=N/C(=N\C1=C(C)c2ccncc2Nc2ncccc21)NCc1ccnc2[nH]ccc12. The number of pyridine rings is 3. The number of nitrogens with zero attached hydrogens (tertiary/aromatic N) is 5. The number of rotatable bonds is 3. The maximum atomic E-state index is 4.85. The van der Waals surface area contributed by atoms with Crippen molar-refractivity contribution >= 4 is 46.5 Å². The third-order valence-corrected chi connectivity index (χ3v) is 5.25. The van der Waals surface area contributed by atoms with E-state index in [0.29, 0.717) is 12.5 Å². The number of fused-ring (bicyclic) bond motifs is 3. The Bertz CT molecular complexity index is 1350. The predicted molar refractivity (Wildman–Crippen MR) is 124 cm³/mol. The molecule has 0 bridgehead atoms. The molecule has 1 aliphatic heterocycles. The van der Waals surface area contributed by atoms with Crippen molar-refractivity contribution in [1.82, 2.24) is 25.3 Å². The molecular weight excluding hydrogens is 388 g/mol. The molecule has 0 aliphatic carbocycles. The van der Waals surface area contributed by atoms with Crippen molar-refractivity contribution in [3.05, 3.63) is 78.0 Å². The number of anilines is 2. The zero-order chi connectivity index (χ0) is 21.2. The molecule has 31 heavy (non-hydrogen) atoms. The Morgan fingerprint density at radius 3 is 2.94 bits per heavy atom. The van der Waals surface area contributed by atoms with Gasteiger partial charge in [0.2, 0.25) is 5.96 Å². The van der Waals surface area contributed by atoms with Crippen LogP contribution in [0.2, 0.25) is 0 Å². The van der Waals surface area contributed by atoms with E-state index in [1.54, 1.807) is 24.8 Å². The van der Waals surface area contributed by atoms with Gasteiger partial charge in [0.15, 0.2) is 0 Å². The number of guanidine groups is 1. The third-order valence-electron chi connectivity index (χ3n) is 5.25. The van der Waals surface area contributed by atoms with Gasteiger partial charge in [-0.2, -0.15) is 0 Å². The first-order chi connectivity index (χ1) is 15.2. The Hall–Kier alpha value is -4.33. The van der Waals surface area contributed by atoms with E-state index in [-0.39, 0.29) is 0 Å². The minimum absolute atomic E-state index is 0.433. The highest BCUT2D eigenvalue weighted by molar-refractivity contribution is 6.02. The Morgan fingerprint density at radius 1 is 1.10 bits per heavy atom. The molecule has 0 spiro atoms. The molecule has 0 atom stereocenters. The van der Waals surface area contributed by atoms with Crippen molar-refractivity contribution < 1.29 is 0 Å². The van der Waals surface area contributed by atoms with E-state index in [1.165, 1.54) is 0 Å². The molecule has 0 saturated heterocycles. The van der Waals surface area contributed by atoms with E-state index in [0.717, 1.165) is 50.5 Å². The van der Waals surface area contributed by atoms with Crippen molar-refractivity contribution in [3.63, 3.8) is 0 Å². The Kier molecular flexibility index (Phi) is 4.72. The molecule has 0 unspecified atom stereocenters. The van der Waals surface area contributed by atoms with E-state index in [9.17, 15) is 0 Å². The summed E-state index contributed by atoms with van der Waals surface area (Å²) in [6.07, 6.45) is 8.97. The molecule has 8 heteroatoms. The van der Waals surface area contributed by atoms with Gasteiger partial charge in [-0.05, 0) is 55.1 Å². The molecule has 4 aromatic heterocycles. The van der Waals surface area contributed by atoms with Crippen molar-refractivity contribution in [3.8, 4) is 0 Å². The number of hydrogen-bond acceptors (Lipinski definition) is 5. The number of aliphatic imine (C=N–C) groups is 2. The van der Waals surface area contributed by atoms with E-state index in [2.05, 4.69) is 42.3 Å². The standard InChI is InChI=1S/C23H20N8/c1-14-16-6-9-25-13-19(16)30-22-18(4-3-8-26-22)20(14)31-23(24-2)29-12-15-5-10-27-21-17(15)7-11-28-21/h3-11,13H,2,12H2,1H3,(H,26,30)(H,27,28)(H,29,31). The van der Waals surface area contributed by atoms with Gasteiger partial charge in [-0.1, -0.05) is 0 Å². The first kappa shape index (κ1) is 18.7. The monoisotopic (exact) mass is 408 g/mol. The number of allylic oxidation sites excluding steroid dienone is 1. The van der Waals surface area contributed by atoms with Crippen LogP contribution in [0.5, 0.6) is 0 Å². The molecule has 0 aromatic carbocycles. The van der Waals surface area contributed by atoms with Crippen LogP contribution in [0.1, 0.15) is 23.6 Å². The lowest BCUT2D eigenvalue weighted by Crippen LogP contribution is -2.21. The molecule has 0 fully saturated rings. The number of nitrogens with one attached hydrogen (secondary N) is 3. The first-order valence-corrected chi connectivity index (χ1v) is 9.82. The van der Waals surface area contributed by atoms with Gasteiger partial charge in [-0.25, -0.2) is 20.0 Å². The fourth-order valence-electron chi connectivity index (χ4n) is 3.70. The largest absolute Gasteiger partial charge is 0.350 e. The van der Waals surface area contributed by atoms with Crippen LogP contribution in [0.3, 0.4) is 0 Å². The summed E-state index contributed by atoms with van der Waals surface area (Å²) in [5, 5.41) is 7.73. The summed E-state index contributed by atoms with van der Waals surface area (Å²) in [5.74, 6) is 1.15. The van der Waals surface area contributed by atoms with Crippen molar-refractivity contribution in [2.45, 2.75) is 13.5 Å². The maximum Gasteiger partial charge on any atom is 0.222 e. The molecule has 0 radical (unpaired) electrons. The fraction of sp³-hybridized carbons (Fsp3) is 0.0870. The molecule has 0 amide bonds. The van der Waals surface area contributed by atoms with Gasteiger partial charge in [0.1, 0.15) is 11.5 Å². The highest BCUT2D eigenvalue weighted by Gasteiger charge is 2.20. The summed E-state index contributed by atoms with van der Waals surface area (Å²) in [7, 11) is 0. The summed E-state index contributed by atoms with van der Waals surface area (Å²) < 4.78 is 0. The molecule has 5 rings (SSSR count). The van der Waals surface area contributed by atoms with Gasteiger partial charge in [0.25, 0.3) is 0 Å². The smallest absolute Gasteiger partial charge is 0.222 e. The topological polar surface area (TPSA) is 103 Å². The van der Waals surface area contributed by atoms with Crippen molar-refractivity contribution in [1.29, 1.82) is 0 Å². The zero-order valence-electron chi connectivity index (χ0n) is 16.9. The summed E-state index contributed by atoms with van der Waals surface area (Å²) in [5.41, 5.74) is 6.50. The van der Waals surface area contributed by atoms with E-state index < -0.39 is 0 Å². The predicted octanol–water partition coefficient (Wildman–Crippen LogP) is 4.14. The van der Waals surface area contributed by atoms with Gasteiger partial charge < -0.3 is 15.6 Å². The Labute approximate surface area is 178 Å². The average molecular weight is 408 g/mol. The minimum Gasteiger partial charge on any atom is -0.350 e. The lowest BCUT2D eigenvalue weighted by atomic mass is 10.0. The van der Waals surface area contributed by atoms with Crippen LogP contribution in [-0.4, -0.2) is 32.6 Å². The van der Waals surface area contributed by atoms with Crippen molar-refractivity contribution in [2.75, 3.05) is 5.32 Å². The number of aromatic nitrogens is 4. The lowest BCUT2D eigenvalue weighted by Gasteiger charge is -2.11. The summed E-state index contributed by atoms with van der Waals surface area (Å²) >= 11 is 0. The average Bonchev–Trinajstić information content (AvgIpc) is 3.25. The second-order valence-electron chi connectivity index (χ2n) is 7.08. The molecule has 152 valence electrons. The van der Waals surface area contributed by atoms with Crippen LogP contribution in [0.25, 0.3) is 22.3 Å². The minimum atomic E-state index is 0.433. The van der Waals surface area contributed by atoms with Gasteiger partial charge in [0, 0.05) is 47.8 Å². The molecule has 0 saturated carbocycles. The van der Waals surface area contributed by atoms with Crippen LogP contribution in [0.4, 0.5) is 11.5 Å². The molecule has 1 aliphatic rings. The highest BCUT2D eigenvalue weighted by Crippen LogP contribution is 2.38. The number of aromatic amines is 1. The second-order valence-corrected chi connectivity index (χ2v) is 7.08. The Balaban J connectivity index is 1.55. The first-order valence-electron chi connectivity index (χ1n) is 9.82. The second kappa shape index (κ2) is 7.83. The normalized spacial score (nSPS) is 13.3. The maximum absolute atomic E-state index is 4.85. The fourth-order valence-corrected chi connectivity index (χ4v) is 3.70. The van der Waals surface area contributed by atoms with Gasteiger partial charge in [0.05, 0.1) is 17.6 Å². The van der Waals surface area contributed by atoms with E-state index >= 15 is 0 Å². The van der Waals surface area contributed by atoms with Crippen molar-refractivity contribution in [2.24, 2.45) is 9.98 Å². The van der Waals surface area contributed by atoms with Gasteiger partial charge in [-0.3, -0.25) is 4.98 Å². The Morgan fingerprint density at radius 2 is 2.03 bits per heavy atom. The molecule has 5 heterocycles. The molecule has 4 aromatic rings. The van der Waals surface area contributed by atoms with Crippen LogP contribution in [-0.2, 0) is 6.54 Å². The summed E-state index contributed by atoms with van der Waals surface area (Å²) in [4.78, 5) is 25.2. The van der Waals surface area contributed by atoms with Crippen LogP contribution >= 0.6 is 0 Å². The lowest BCUT2D eigenvalue weighted by molar-refractivity contribution is 0.911. The molecule has 3 N–H and O–H groups in total. The van der Waals surface area contributed by atoms with E-state index in [4.69, 9.17) is 4.99 Å². The summed E-state index contributed by atoms with van der Waals surface area (Å²) in [6.45, 7) is 6.29. The highest BCUT2D eigenvalue weighted by atomic mass is 15.1. The van der Waals surface area contributed by atoms with Gasteiger partial charge >= 0.3 is 0 Å². The quantitative estimate of drug-likeness (QED) is 0.349. The number of H-pyrrole nitrogens is 1. The van der Waals surface area contributed by atoms with E-state index in [1.807, 2.05) is 43.5 Å². The van der Waals surface area contributed by atoms with Gasteiger partial charge in [-0.15, -0.1) is 0 Å². The van der Waals surface area contributed by atoms with Crippen LogP contribution in [0, 0.1) is 0 Å². The summed E-state index contributed by atoms with van der Waals surface area (Å²) in [6, 6.07) is 9.84. The number of hydrogen-bond donors (Lipinski definition) is 3. The molecule has 8 nitrogen and oxygen atoms in total. The zero-order valence-corrected chi connectivity index (χ0v) is 16.9.